The number of hydrogen-bond acceptors (Lipinski definition) is 4. The molecule has 6 heteroatoms. The number of para-hydroxylation sites is 1. The van der Waals surface area contributed by atoms with Crippen LogP contribution in [-0.4, -0.2) is 21.1 Å². The van der Waals surface area contributed by atoms with Gasteiger partial charge in [0, 0.05) is 16.6 Å². The first kappa shape index (κ1) is 15.3. The van der Waals surface area contributed by atoms with Crippen molar-refractivity contribution in [2.24, 2.45) is 0 Å². The first-order chi connectivity index (χ1) is 11.8. The topological polar surface area (TPSA) is 70.7 Å². The minimum atomic E-state index is -0.0975. The first-order valence-corrected chi connectivity index (χ1v) is 9.26. The predicted octanol–water partition coefficient (Wildman–Crippen LogP) is 3.32. The lowest BCUT2D eigenvalue weighted by Crippen LogP contribution is -2.31. The third-order valence-electron chi connectivity index (χ3n) is 4.66. The van der Waals surface area contributed by atoms with Gasteiger partial charge in [-0.2, -0.15) is 0 Å². The highest BCUT2D eigenvalue weighted by atomic mass is 32.1. The number of H-pyrrole nitrogens is 1. The number of amides is 1. The molecule has 2 N–H and O–H groups in total. The van der Waals surface area contributed by atoms with Gasteiger partial charge in [0.15, 0.2) is 0 Å². The van der Waals surface area contributed by atoms with Crippen molar-refractivity contribution in [2.75, 3.05) is 0 Å². The summed E-state index contributed by atoms with van der Waals surface area (Å²) in [4.78, 5) is 16.2. The smallest absolute Gasteiger partial charge is 0.229 e. The van der Waals surface area contributed by atoms with Gasteiger partial charge in [0.05, 0.1) is 12.5 Å². The Morgan fingerprint density at radius 1 is 1.33 bits per heavy atom. The van der Waals surface area contributed by atoms with Gasteiger partial charge in [0.25, 0.3) is 0 Å². The predicted molar refractivity (Wildman–Crippen MR) is 95.1 cm³/mol. The number of rotatable bonds is 4. The molecule has 3 aromatic rings. The minimum absolute atomic E-state index is 0.0794. The van der Waals surface area contributed by atoms with Crippen LogP contribution < -0.4 is 5.32 Å². The number of carbonyl (C=O) groups is 1. The molecule has 1 aliphatic rings. The molecule has 1 unspecified atom stereocenters. The van der Waals surface area contributed by atoms with Gasteiger partial charge in [-0.3, -0.25) is 4.79 Å². The summed E-state index contributed by atoms with van der Waals surface area (Å²) in [7, 11) is 0. The third kappa shape index (κ3) is 2.71. The number of fused-ring (bicyclic) bond motifs is 3. The van der Waals surface area contributed by atoms with Gasteiger partial charge in [0.1, 0.15) is 10.0 Å². The number of nitrogens with zero attached hydrogens (tertiary/aromatic N) is 2. The fourth-order valence-electron chi connectivity index (χ4n) is 3.47. The van der Waals surface area contributed by atoms with Crippen molar-refractivity contribution < 1.29 is 4.79 Å². The molecule has 0 bridgehead atoms. The zero-order chi connectivity index (χ0) is 16.5. The highest BCUT2D eigenvalue weighted by Crippen LogP contribution is 2.36. The average molecular weight is 340 g/mol. The van der Waals surface area contributed by atoms with Crippen molar-refractivity contribution in [1.82, 2.24) is 20.5 Å². The van der Waals surface area contributed by atoms with Gasteiger partial charge >= 0.3 is 0 Å². The Balaban J connectivity index is 1.53. The van der Waals surface area contributed by atoms with E-state index in [2.05, 4.69) is 45.6 Å². The fourth-order valence-corrected chi connectivity index (χ4v) is 4.19. The molecule has 5 nitrogen and oxygen atoms in total. The lowest BCUT2D eigenvalue weighted by Gasteiger charge is -2.21. The van der Waals surface area contributed by atoms with Crippen molar-refractivity contribution in [2.45, 2.75) is 45.1 Å². The second kappa shape index (κ2) is 6.36. The number of aromatic nitrogens is 3. The molecule has 0 saturated carbocycles. The lowest BCUT2D eigenvalue weighted by atomic mass is 9.86. The average Bonchev–Trinajstić information content (AvgIpc) is 3.23. The van der Waals surface area contributed by atoms with Gasteiger partial charge in [-0.1, -0.05) is 36.5 Å². The molecule has 124 valence electrons. The van der Waals surface area contributed by atoms with Crippen molar-refractivity contribution in [3.8, 4) is 0 Å². The minimum Gasteiger partial charge on any atom is -0.357 e. The molecular formula is C18H20N4OS. The molecule has 0 radical (unpaired) electrons. The SMILES string of the molecule is CCc1nnc(CNC(=O)C2CCCc3c2[nH]c2ccccc32)s1. The summed E-state index contributed by atoms with van der Waals surface area (Å²) >= 11 is 1.57. The Kier molecular flexibility index (Phi) is 4.06. The Labute approximate surface area is 144 Å². The molecule has 0 saturated heterocycles. The molecule has 0 spiro atoms. The van der Waals surface area contributed by atoms with E-state index < -0.39 is 0 Å². The monoisotopic (exact) mass is 340 g/mol. The number of hydrogen-bond donors (Lipinski definition) is 2. The normalized spacial score (nSPS) is 17.0. The molecule has 4 rings (SSSR count). The van der Waals surface area contributed by atoms with Crippen LogP contribution in [0.25, 0.3) is 10.9 Å². The van der Waals surface area contributed by atoms with E-state index in [1.165, 1.54) is 10.9 Å². The van der Waals surface area contributed by atoms with E-state index in [4.69, 9.17) is 0 Å². The van der Waals surface area contributed by atoms with Crippen LogP contribution in [0.2, 0.25) is 0 Å². The summed E-state index contributed by atoms with van der Waals surface area (Å²) in [5, 5.41) is 14.4. The number of aryl methyl sites for hydroxylation is 2. The summed E-state index contributed by atoms with van der Waals surface area (Å²) in [6.45, 7) is 2.52. The van der Waals surface area contributed by atoms with Gasteiger partial charge in [-0.15, -0.1) is 10.2 Å². The lowest BCUT2D eigenvalue weighted by molar-refractivity contribution is -0.123. The zero-order valence-corrected chi connectivity index (χ0v) is 14.4. The molecule has 0 fully saturated rings. The highest BCUT2D eigenvalue weighted by molar-refractivity contribution is 7.11. The van der Waals surface area contributed by atoms with Crippen LogP contribution in [0.15, 0.2) is 24.3 Å². The van der Waals surface area contributed by atoms with Gasteiger partial charge in [-0.25, -0.2) is 0 Å². The Bertz CT molecular complexity index is 882. The Hall–Kier alpha value is -2.21. The van der Waals surface area contributed by atoms with E-state index in [1.54, 1.807) is 11.3 Å². The van der Waals surface area contributed by atoms with Gasteiger partial charge in [0.2, 0.25) is 5.91 Å². The Morgan fingerprint density at radius 3 is 3.00 bits per heavy atom. The zero-order valence-electron chi connectivity index (χ0n) is 13.6. The van der Waals surface area contributed by atoms with Crippen LogP contribution in [0, 0.1) is 0 Å². The highest BCUT2D eigenvalue weighted by Gasteiger charge is 2.29. The fraction of sp³-hybridized carbons (Fsp3) is 0.389. The standard InChI is InChI=1S/C18H20N4OS/c1-2-15-21-22-16(24-15)10-19-18(23)13-8-5-7-12-11-6-3-4-9-14(11)20-17(12)13/h3-4,6,9,13,20H,2,5,7-8,10H2,1H3,(H,19,23). The molecule has 1 atom stereocenters. The number of nitrogens with one attached hydrogen (secondary N) is 2. The van der Waals surface area contributed by atoms with Crippen LogP contribution in [0.4, 0.5) is 0 Å². The van der Waals surface area contributed by atoms with Gasteiger partial charge < -0.3 is 10.3 Å². The molecule has 0 aliphatic heterocycles. The second-order valence-electron chi connectivity index (χ2n) is 6.17. The number of carbonyl (C=O) groups excluding carboxylic acids is 1. The van der Waals surface area contributed by atoms with E-state index in [0.29, 0.717) is 6.54 Å². The van der Waals surface area contributed by atoms with Crippen LogP contribution in [0.1, 0.15) is 47.0 Å². The van der Waals surface area contributed by atoms with Crippen LogP contribution in [-0.2, 0) is 24.2 Å². The number of aromatic amines is 1. The summed E-state index contributed by atoms with van der Waals surface area (Å²) in [5.41, 5.74) is 3.52. The third-order valence-corrected chi connectivity index (χ3v) is 5.72. The van der Waals surface area contributed by atoms with E-state index >= 15 is 0 Å². The number of benzene rings is 1. The maximum atomic E-state index is 12.7. The Morgan fingerprint density at radius 2 is 2.17 bits per heavy atom. The van der Waals surface area contributed by atoms with Crippen molar-refractivity contribution in [3.63, 3.8) is 0 Å². The summed E-state index contributed by atoms with van der Waals surface area (Å²) < 4.78 is 0. The largest absolute Gasteiger partial charge is 0.357 e. The molecule has 1 aromatic carbocycles. The van der Waals surface area contributed by atoms with Crippen molar-refractivity contribution in [3.05, 3.63) is 45.5 Å². The van der Waals surface area contributed by atoms with Crippen LogP contribution >= 0.6 is 11.3 Å². The molecule has 2 aromatic heterocycles. The van der Waals surface area contributed by atoms with E-state index in [1.807, 2.05) is 6.07 Å². The molecular weight excluding hydrogens is 320 g/mol. The molecule has 1 amide bonds. The summed E-state index contributed by atoms with van der Waals surface area (Å²) in [6.07, 6.45) is 3.86. The summed E-state index contributed by atoms with van der Waals surface area (Å²) in [6, 6.07) is 8.30. The molecule has 2 heterocycles. The van der Waals surface area contributed by atoms with E-state index in [-0.39, 0.29) is 11.8 Å². The van der Waals surface area contributed by atoms with E-state index in [9.17, 15) is 4.79 Å². The maximum Gasteiger partial charge on any atom is 0.229 e. The van der Waals surface area contributed by atoms with Crippen molar-refractivity contribution in [1.29, 1.82) is 0 Å². The quantitative estimate of drug-likeness (QED) is 0.765. The second-order valence-corrected chi connectivity index (χ2v) is 7.32. The van der Waals surface area contributed by atoms with E-state index in [0.717, 1.165) is 46.9 Å². The maximum absolute atomic E-state index is 12.7. The van der Waals surface area contributed by atoms with Crippen LogP contribution in [0.5, 0.6) is 0 Å². The van der Waals surface area contributed by atoms with Gasteiger partial charge in [-0.05, 0) is 37.3 Å². The summed E-state index contributed by atoms with van der Waals surface area (Å²) in [5.74, 6) is -0.0181. The van der Waals surface area contributed by atoms with Crippen LogP contribution in [0.3, 0.4) is 0 Å². The molecule has 24 heavy (non-hydrogen) atoms. The molecule has 1 aliphatic carbocycles. The van der Waals surface area contributed by atoms with Crippen molar-refractivity contribution >= 4 is 28.1 Å². The first-order valence-electron chi connectivity index (χ1n) is 8.44.